The SMILES string of the molecule is O=C(O)CCC(c1cccc(Br)c1)C1CC1C(=O)O. The first kappa shape index (κ1) is 14.1. The summed E-state index contributed by atoms with van der Waals surface area (Å²) in [5, 5.41) is 17.8. The summed E-state index contributed by atoms with van der Waals surface area (Å²) in [5.74, 6) is -1.87. The van der Waals surface area contributed by atoms with Crippen LogP contribution >= 0.6 is 15.9 Å². The van der Waals surface area contributed by atoms with Crippen LogP contribution in [-0.4, -0.2) is 22.2 Å². The predicted octanol–water partition coefficient (Wildman–Crippen LogP) is 3.12. The molecule has 3 atom stereocenters. The maximum absolute atomic E-state index is 11.0. The van der Waals surface area contributed by atoms with Gasteiger partial charge in [0.2, 0.25) is 0 Å². The summed E-state index contributed by atoms with van der Waals surface area (Å²) < 4.78 is 0.929. The van der Waals surface area contributed by atoms with Gasteiger partial charge in [0.05, 0.1) is 5.92 Å². The fourth-order valence-corrected chi connectivity index (χ4v) is 3.00. The number of carbonyl (C=O) groups is 2. The van der Waals surface area contributed by atoms with E-state index in [1.54, 1.807) is 0 Å². The number of halogens is 1. The Morgan fingerprint density at radius 3 is 2.63 bits per heavy atom. The van der Waals surface area contributed by atoms with Crippen molar-refractivity contribution in [3.8, 4) is 0 Å². The number of aliphatic carboxylic acids is 2. The molecular formula is C14H15BrO4. The Labute approximate surface area is 119 Å². The third-order valence-corrected chi connectivity index (χ3v) is 4.11. The minimum Gasteiger partial charge on any atom is -0.481 e. The van der Waals surface area contributed by atoms with Gasteiger partial charge in [-0.2, -0.15) is 0 Å². The number of benzene rings is 1. The molecule has 19 heavy (non-hydrogen) atoms. The average Bonchev–Trinajstić information content (AvgIpc) is 3.09. The minimum atomic E-state index is -0.840. The second-order valence-electron chi connectivity index (χ2n) is 4.94. The summed E-state index contributed by atoms with van der Waals surface area (Å²) in [5.41, 5.74) is 1.02. The van der Waals surface area contributed by atoms with Crippen LogP contribution in [-0.2, 0) is 9.59 Å². The van der Waals surface area contributed by atoms with Crippen molar-refractivity contribution in [3.05, 3.63) is 34.3 Å². The van der Waals surface area contributed by atoms with Gasteiger partial charge < -0.3 is 10.2 Å². The van der Waals surface area contributed by atoms with Gasteiger partial charge in [0, 0.05) is 10.9 Å². The maximum Gasteiger partial charge on any atom is 0.306 e. The molecule has 0 aromatic heterocycles. The van der Waals surface area contributed by atoms with Gasteiger partial charge in [-0.3, -0.25) is 9.59 Å². The first-order chi connectivity index (χ1) is 8.99. The molecule has 1 fully saturated rings. The monoisotopic (exact) mass is 326 g/mol. The first-order valence-electron chi connectivity index (χ1n) is 6.19. The summed E-state index contributed by atoms with van der Waals surface area (Å²) >= 11 is 3.39. The number of carboxylic acid groups (broad SMARTS) is 2. The Morgan fingerprint density at radius 2 is 2.11 bits per heavy atom. The molecule has 2 rings (SSSR count). The lowest BCUT2D eigenvalue weighted by Gasteiger charge is -2.16. The van der Waals surface area contributed by atoms with Gasteiger partial charge in [-0.1, -0.05) is 28.1 Å². The van der Waals surface area contributed by atoms with Crippen LogP contribution in [0.15, 0.2) is 28.7 Å². The quantitative estimate of drug-likeness (QED) is 0.842. The fraction of sp³-hybridized carbons (Fsp3) is 0.429. The molecule has 102 valence electrons. The maximum atomic E-state index is 11.0. The van der Waals surface area contributed by atoms with Crippen molar-refractivity contribution in [1.29, 1.82) is 0 Å². The molecule has 2 N–H and O–H groups in total. The van der Waals surface area contributed by atoms with Gasteiger partial charge in [-0.15, -0.1) is 0 Å². The topological polar surface area (TPSA) is 74.6 Å². The van der Waals surface area contributed by atoms with Crippen LogP contribution in [0.1, 0.15) is 30.7 Å². The highest BCUT2D eigenvalue weighted by atomic mass is 79.9. The molecule has 1 aliphatic rings. The van der Waals surface area contributed by atoms with Crippen LogP contribution < -0.4 is 0 Å². The van der Waals surface area contributed by atoms with Crippen LogP contribution in [0, 0.1) is 11.8 Å². The van der Waals surface area contributed by atoms with Crippen LogP contribution in [0.2, 0.25) is 0 Å². The zero-order valence-corrected chi connectivity index (χ0v) is 11.8. The molecule has 0 bridgehead atoms. The molecule has 0 radical (unpaired) electrons. The third-order valence-electron chi connectivity index (χ3n) is 3.62. The molecule has 1 aliphatic carbocycles. The van der Waals surface area contributed by atoms with Crippen molar-refractivity contribution in [1.82, 2.24) is 0 Å². The lowest BCUT2D eigenvalue weighted by Crippen LogP contribution is -2.09. The Morgan fingerprint density at radius 1 is 1.37 bits per heavy atom. The van der Waals surface area contributed by atoms with Crippen molar-refractivity contribution < 1.29 is 19.8 Å². The highest BCUT2D eigenvalue weighted by Crippen LogP contribution is 2.50. The van der Waals surface area contributed by atoms with E-state index in [0.717, 1.165) is 10.0 Å². The molecule has 0 aliphatic heterocycles. The summed E-state index contributed by atoms with van der Waals surface area (Å²) in [4.78, 5) is 21.7. The third kappa shape index (κ3) is 3.56. The molecular weight excluding hydrogens is 312 g/mol. The van der Waals surface area contributed by atoms with Crippen molar-refractivity contribution in [2.24, 2.45) is 11.8 Å². The van der Waals surface area contributed by atoms with E-state index in [4.69, 9.17) is 10.2 Å². The van der Waals surface area contributed by atoms with Crippen LogP contribution in [0.25, 0.3) is 0 Å². The Balaban J connectivity index is 2.15. The molecule has 1 aromatic carbocycles. The minimum absolute atomic E-state index is 0.00898. The normalized spacial score (nSPS) is 22.8. The van der Waals surface area contributed by atoms with Crippen LogP contribution in [0.5, 0.6) is 0 Å². The highest BCUT2D eigenvalue weighted by Gasteiger charge is 2.48. The Hall–Kier alpha value is -1.36. The van der Waals surface area contributed by atoms with Gasteiger partial charge in [0.25, 0.3) is 0 Å². The van der Waals surface area contributed by atoms with E-state index in [1.807, 2.05) is 24.3 Å². The van der Waals surface area contributed by atoms with Crippen molar-refractivity contribution in [2.45, 2.75) is 25.2 Å². The molecule has 3 unspecified atom stereocenters. The summed E-state index contributed by atoms with van der Waals surface area (Å²) in [7, 11) is 0. The molecule has 0 saturated heterocycles. The van der Waals surface area contributed by atoms with E-state index in [1.165, 1.54) is 0 Å². The molecule has 1 aromatic rings. The lowest BCUT2D eigenvalue weighted by molar-refractivity contribution is -0.139. The largest absolute Gasteiger partial charge is 0.481 e. The molecule has 0 amide bonds. The predicted molar refractivity (Wildman–Crippen MR) is 73.0 cm³/mol. The van der Waals surface area contributed by atoms with Crippen LogP contribution in [0.3, 0.4) is 0 Å². The number of hydrogen-bond donors (Lipinski definition) is 2. The highest BCUT2D eigenvalue weighted by molar-refractivity contribution is 9.10. The molecule has 4 nitrogen and oxygen atoms in total. The molecule has 5 heteroatoms. The second kappa shape index (κ2) is 5.74. The van der Waals surface area contributed by atoms with Gasteiger partial charge in [0.15, 0.2) is 0 Å². The Bertz CT molecular complexity index is 500. The summed E-state index contributed by atoms with van der Waals surface area (Å²) in [6, 6.07) is 7.68. The number of rotatable bonds is 6. The van der Waals surface area contributed by atoms with Gasteiger partial charge in [-0.25, -0.2) is 0 Å². The smallest absolute Gasteiger partial charge is 0.306 e. The van der Waals surface area contributed by atoms with Crippen LogP contribution in [0.4, 0.5) is 0 Å². The van der Waals surface area contributed by atoms with E-state index in [2.05, 4.69) is 15.9 Å². The summed E-state index contributed by atoms with van der Waals surface area (Å²) in [6.45, 7) is 0. The lowest BCUT2D eigenvalue weighted by atomic mass is 9.89. The van der Waals surface area contributed by atoms with Crippen molar-refractivity contribution in [3.63, 3.8) is 0 Å². The van der Waals surface area contributed by atoms with Gasteiger partial charge in [-0.05, 0) is 42.4 Å². The average molecular weight is 327 g/mol. The zero-order chi connectivity index (χ0) is 14.0. The second-order valence-corrected chi connectivity index (χ2v) is 5.85. The van der Waals surface area contributed by atoms with E-state index < -0.39 is 11.9 Å². The van der Waals surface area contributed by atoms with Gasteiger partial charge in [0.1, 0.15) is 0 Å². The first-order valence-corrected chi connectivity index (χ1v) is 6.98. The van der Waals surface area contributed by atoms with E-state index >= 15 is 0 Å². The Kier molecular flexibility index (Phi) is 4.24. The molecule has 1 saturated carbocycles. The zero-order valence-electron chi connectivity index (χ0n) is 10.3. The van der Waals surface area contributed by atoms with E-state index in [-0.39, 0.29) is 24.2 Å². The van der Waals surface area contributed by atoms with Crippen molar-refractivity contribution >= 4 is 27.9 Å². The number of carboxylic acids is 2. The van der Waals surface area contributed by atoms with E-state index in [9.17, 15) is 9.59 Å². The van der Waals surface area contributed by atoms with E-state index in [0.29, 0.717) is 12.8 Å². The molecule has 0 heterocycles. The van der Waals surface area contributed by atoms with Crippen molar-refractivity contribution in [2.75, 3.05) is 0 Å². The standard InChI is InChI=1S/C14H15BrO4/c15-9-3-1-2-8(6-9)10(4-5-13(16)17)11-7-12(11)14(18)19/h1-3,6,10-12H,4-5,7H2,(H,16,17)(H,18,19). The molecule has 0 spiro atoms. The number of hydrogen-bond acceptors (Lipinski definition) is 2. The fourth-order valence-electron chi connectivity index (χ4n) is 2.59. The summed E-state index contributed by atoms with van der Waals surface area (Å²) in [6.07, 6.45) is 1.20. The van der Waals surface area contributed by atoms with Gasteiger partial charge >= 0.3 is 11.9 Å².